The van der Waals surface area contributed by atoms with E-state index >= 15 is 0 Å². The number of nitrogens with one attached hydrogen (secondary N) is 1. The first-order chi connectivity index (χ1) is 12.2. The van der Waals surface area contributed by atoms with Crippen molar-refractivity contribution in [1.29, 1.82) is 0 Å². The standard InChI is InChI=1S/C20H19ClN2O3/c1-12-4-5-13(2)16(10-12)17(24)11-23-18(25)20(3,22-19(23)26)14-6-8-15(21)9-7-14/h4-10H,11H2,1-3H3,(H,22,26)/t20-/m1/s1. The van der Waals surface area contributed by atoms with Crippen LogP contribution in [0.15, 0.2) is 42.5 Å². The Morgan fingerprint density at radius 2 is 1.77 bits per heavy atom. The monoisotopic (exact) mass is 370 g/mol. The van der Waals surface area contributed by atoms with Crippen LogP contribution < -0.4 is 5.32 Å². The van der Waals surface area contributed by atoms with Crippen LogP contribution >= 0.6 is 11.6 Å². The van der Waals surface area contributed by atoms with Crippen molar-refractivity contribution < 1.29 is 14.4 Å². The molecule has 26 heavy (non-hydrogen) atoms. The summed E-state index contributed by atoms with van der Waals surface area (Å²) in [6.45, 7) is 5.05. The third-order valence-corrected chi connectivity index (χ3v) is 4.94. The molecule has 0 aliphatic carbocycles. The molecule has 1 saturated heterocycles. The van der Waals surface area contributed by atoms with Crippen LogP contribution in [-0.2, 0) is 10.3 Å². The molecule has 1 heterocycles. The van der Waals surface area contributed by atoms with Crippen molar-refractivity contribution in [2.24, 2.45) is 0 Å². The van der Waals surface area contributed by atoms with Crippen LogP contribution in [0.5, 0.6) is 0 Å². The van der Waals surface area contributed by atoms with Gasteiger partial charge in [-0.2, -0.15) is 0 Å². The molecule has 0 aromatic heterocycles. The normalized spacial score (nSPS) is 19.6. The van der Waals surface area contributed by atoms with Gasteiger partial charge < -0.3 is 5.32 Å². The number of halogens is 1. The van der Waals surface area contributed by atoms with Gasteiger partial charge in [0, 0.05) is 10.6 Å². The second-order valence-corrected chi connectivity index (χ2v) is 7.13. The molecule has 1 N–H and O–H groups in total. The molecule has 0 bridgehead atoms. The van der Waals surface area contributed by atoms with Gasteiger partial charge in [0.2, 0.25) is 0 Å². The van der Waals surface area contributed by atoms with Crippen molar-refractivity contribution in [2.75, 3.05) is 6.54 Å². The smallest absolute Gasteiger partial charge is 0.319 e. The molecule has 3 amide bonds. The van der Waals surface area contributed by atoms with Gasteiger partial charge in [-0.05, 0) is 50.1 Å². The number of rotatable bonds is 4. The molecule has 1 aliphatic heterocycles. The molecule has 1 atom stereocenters. The summed E-state index contributed by atoms with van der Waals surface area (Å²) in [5.74, 6) is -0.724. The van der Waals surface area contributed by atoms with Gasteiger partial charge in [0.05, 0.1) is 6.54 Å². The maximum absolute atomic E-state index is 12.9. The number of amides is 3. The minimum absolute atomic E-state index is 0.268. The topological polar surface area (TPSA) is 66.5 Å². The summed E-state index contributed by atoms with van der Waals surface area (Å²) in [6, 6.07) is 11.7. The van der Waals surface area contributed by atoms with E-state index in [1.165, 1.54) is 0 Å². The minimum Gasteiger partial charge on any atom is -0.319 e. The Morgan fingerprint density at radius 3 is 2.42 bits per heavy atom. The van der Waals surface area contributed by atoms with E-state index in [0.717, 1.165) is 16.0 Å². The highest BCUT2D eigenvalue weighted by molar-refractivity contribution is 6.30. The Balaban J connectivity index is 1.86. The Bertz CT molecular complexity index is 908. The summed E-state index contributed by atoms with van der Waals surface area (Å²) in [6.07, 6.45) is 0. The number of carbonyl (C=O) groups excluding carboxylic acids is 3. The molecule has 5 nitrogen and oxygen atoms in total. The Kier molecular flexibility index (Phi) is 4.59. The first-order valence-electron chi connectivity index (χ1n) is 8.23. The first-order valence-corrected chi connectivity index (χ1v) is 8.61. The maximum Gasteiger partial charge on any atom is 0.325 e. The number of Topliss-reactive ketones (excluding diaryl/α,β-unsaturated/α-hetero) is 1. The lowest BCUT2D eigenvalue weighted by atomic mass is 9.92. The van der Waals surface area contributed by atoms with Crippen LogP contribution in [0, 0.1) is 13.8 Å². The predicted octanol–water partition coefficient (Wildman–Crippen LogP) is 3.61. The van der Waals surface area contributed by atoms with E-state index < -0.39 is 17.5 Å². The van der Waals surface area contributed by atoms with Crippen molar-refractivity contribution in [3.8, 4) is 0 Å². The Labute approximate surface area is 156 Å². The molecule has 6 heteroatoms. The summed E-state index contributed by atoms with van der Waals surface area (Å²) in [5.41, 5.74) is 1.67. The predicted molar refractivity (Wildman–Crippen MR) is 99.3 cm³/mol. The lowest BCUT2D eigenvalue weighted by molar-refractivity contribution is -0.130. The number of ketones is 1. The molecular formula is C20H19ClN2O3. The summed E-state index contributed by atoms with van der Waals surface area (Å²) in [4.78, 5) is 38.9. The highest BCUT2D eigenvalue weighted by Gasteiger charge is 2.49. The summed E-state index contributed by atoms with van der Waals surface area (Å²) < 4.78 is 0. The quantitative estimate of drug-likeness (QED) is 0.660. The molecular weight excluding hydrogens is 352 g/mol. The van der Waals surface area contributed by atoms with Crippen molar-refractivity contribution in [3.63, 3.8) is 0 Å². The van der Waals surface area contributed by atoms with Crippen LogP contribution in [-0.4, -0.2) is 29.2 Å². The number of benzene rings is 2. The van der Waals surface area contributed by atoms with Crippen LogP contribution in [0.2, 0.25) is 5.02 Å². The average Bonchev–Trinajstić information content (AvgIpc) is 2.81. The van der Waals surface area contributed by atoms with E-state index in [-0.39, 0.29) is 12.3 Å². The maximum atomic E-state index is 12.9. The largest absolute Gasteiger partial charge is 0.325 e. The molecule has 1 aliphatic rings. The van der Waals surface area contributed by atoms with Gasteiger partial charge in [-0.3, -0.25) is 14.5 Å². The lowest BCUT2D eigenvalue weighted by Crippen LogP contribution is -2.41. The fourth-order valence-electron chi connectivity index (χ4n) is 3.08. The summed E-state index contributed by atoms with van der Waals surface area (Å²) in [7, 11) is 0. The van der Waals surface area contributed by atoms with Gasteiger partial charge in [0.15, 0.2) is 5.78 Å². The SMILES string of the molecule is Cc1ccc(C)c(C(=O)CN2C(=O)N[C@](C)(c3ccc(Cl)cc3)C2=O)c1. The van der Waals surface area contributed by atoms with Crippen LogP contribution in [0.25, 0.3) is 0 Å². The Hall–Kier alpha value is -2.66. The van der Waals surface area contributed by atoms with E-state index in [0.29, 0.717) is 16.1 Å². The molecule has 2 aromatic carbocycles. The average molecular weight is 371 g/mol. The highest BCUT2D eigenvalue weighted by Crippen LogP contribution is 2.30. The van der Waals surface area contributed by atoms with Gasteiger partial charge >= 0.3 is 6.03 Å². The molecule has 0 radical (unpaired) electrons. The number of nitrogens with zero attached hydrogens (tertiary/aromatic N) is 1. The zero-order valence-corrected chi connectivity index (χ0v) is 15.6. The molecule has 0 unspecified atom stereocenters. The zero-order chi connectivity index (χ0) is 19.1. The zero-order valence-electron chi connectivity index (χ0n) is 14.8. The number of aryl methyl sites for hydroxylation is 2. The van der Waals surface area contributed by atoms with Crippen molar-refractivity contribution in [2.45, 2.75) is 26.3 Å². The summed E-state index contributed by atoms with van der Waals surface area (Å²) >= 11 is 5.89. The number of imide groups is 1. The van der Waals surface area contributed by atoms with Crippen molar-refractivity contribution in [1.82, 2.24) is 10.2 Å². The molecule has 0 spiro atoms. The van der Waals surface area contributed by atoms with Gasteiger partial charge in [0.25, 0.3) is 5.91 Å². The molecule has 134 valence electrons. The third-order valence-electron chi connectivity index (χ3n) is 4.69. The fourth-order valence-corrected chi connectivity index (χ4v) is 3.21. The lowest BCUT2D eigenvalue weighted by Gasteiger charge is -2.22. The number of hydrogen-bond donors (Lipinski definition) is 1. The summed E-state index contributed by atoms with van der Waals surface area (Å²) in [5, 5.41) is 3.23. The van der Waals surface area contributed by atoms with E-state index in [4.69, 9.17) is 11.6 Å². The molecule has 2 aromatic rings. The fraction of sp³-hybridized carbons (Fsp3) is 0.250. The molecule has 0 saturated carbocycles. The van der Waals surface area contributed by atoms with E-state index in [2.05, 4.69) is 5.32 Å². The van der Waals surface area contributed by atoms with Gasteiger partial charge in [-0.25, -0.2) is 4.79 Å². The number of urea groups is 1. The van der Waals surface area contributed by atoms with Crippen LogP contribution in [0.1, 0.15) is 34.0 Å². The second kappa shape index (κ2) is 6.57. The Morgan fingerprint density at radius 1 is 1.12 bits per heavy atom. The van der Waals surface area contributed by atoms with Crippen molar-refractivity contribution in [3.05, 3.63) is 69.7 Å². The van der Waals surface area contributed by atoms with Crippen LogP contribution in [0.4, 0.5) is 4.79 Å². The van der Waals surface area contributed by atoms with E-state index in [9.17, 15) is 14.4 Å². The van der Waals surface area contributed by atoms with E-state index in [1.807, 2.05) is 26.0 Å². The molecule has 1 fully saturated rings. The van der Waals surface area contributed by atoms with Gasteiger partial charge in [-0.1, -0.05) is 41.4 Å². The second-order valence-electron chi connectivity index (χ2n) is 6.69. The van der Waals surface area contributed by atoms with Gasteiger partial charge in [0.1, 0.15) is 5.54 Å². The number of carbonyl (C=O) groups is 3. The van der Waals surface area contributed by atoms with Crippen molar-refractivity contribution >= 4 is 29.3 Å². The van der Waals surface area contributed by atoms with E-state index in [1.54, 1.807) is 37.3 Å². The highest BCUT2D eigenvalue weighted by atomic mass is 35.5. The van der Waals surface area contributed by atoms with Crippen LogP contribution in [0.3, 0.4) is 0 Å². The number of hydrogen-bond acceptors (Lipinski definition) is 3. The molecule has 3 rings (SSSR count). The first kappa shape index (κ1) is 18.1. The minimum atomic E-state index is -1.22. The third kappa shape index (κ3) is 3.10. The van der Waals surface area contributed by atoms with Gasteiger partial charge in [-0.15, -0.1) is 0 Å².